The fraction of sp³-hybridized carbons (Fsp3) is 0.500. The van der Waals surface area contributed by atoms with Crippen LogP contribution in [0, 0.1) is 19.8 Å². The molecule has 0 aliphatic rings. The summed E-state index contributed by atoms with van der Waals surface area (Å²) < 4.78 is 1.95. The topological polar surface area (TPSA) is 64.0 Å². The zero-order valence-corrected chi connectivity index (χ0v) is 16.9. The molecule has 1 heterocycles. The first-order chi connectivity index (χ1) is 12.8. The van der Waals surface area contributed by atoms with Gasteiger partial charge in [0.2, 0.25) is 5.91 Å². The molecule has 0 atom stereocenters. The number of carbonyl (C=O) groups excluding carboxylic acids is 2. The molecular formula is C22H31N3O2. The number of ketones is 1. The van der Waals surface area contributed by atoms with Gasteiger partial charge in [0.15, 0.2) is 5.78 Å². The predicted molar refractivity (Wildman–Crippen MR) is 108 cm³/mol. The van der Waals surface area contributed by atoms with E-state index >= 15 is 0 Å². The van der Waals surface area contributed by atoms with Gasteiger partial charge < -0.3 is 5.32 Å². The molecule has 2 rings (SSSR count). The number of Topliss-reactive ketones (excluding diaryl/α,β-unsaturated/α-hetero) is 1. The van der Waals surface area contributed by atoms with Gasteiger partial charge in [-0.25, -0.2) is 0 Å². The molecule has 0 radical (unpaired) electrons. The predicted octanol–water partition coefficient (Wildman–Crippen LogP) is 3.87. The second-order valence-electron chi connectivity index (χ2n) is 7.57. The summed E-state index contributed by atoms with van der Waals surface area (Å²) in [5.74, 6) is 0.536. The number of aryl methyl sites for hydroxylation is 3. The number of rotatable bonds is 10. The van der Waals surface area contributed by atoms with E-state index in [0.717, 1.165) is 30.8 Å². The summed E-state index contributed by atoms with van der Waals surface area (Å²) in [5.41, 5.74) is 4.05. The van der Waals surface area contributed by atoms with Crippen LogP contribution in [-0.4, -0.2) is 28.0 Å². The molecule has 1 amide bonds. The lowest BCUT2D eigenvalue weighted by molar-refractivity contribution is -0.121. The van der Waals surface area contributed by atoms with Gasteiger partial charge in [0.05, 0.1) is 5.69 Å². The molecule has 2 aromatic rings. The van der Waals surface area contributed by atoms with Crippen LogP contribution in [0.25, 0.3) is 0 Å². The highest BCUT2D eigenvalue weighted by Gasteiger charge is 2.10. The fourth-order valence-electron chi connectivity index (χ4n) is 3.12. The third kappa shape index (κ3) is 7.00. The van der Waals surface area contributed by atoms with Gasteiger partial charge in [-0.15, -0.1) is 0 Å². The van der Waals surface area contributed by atoms with Crippen LogP contribution < -0.4 is 5.32 Å². The smallest absolute Gasteiger partial charge is 0.220 e. The van der Waals surface area contributed by atoms with Gasteiger partial charge in [-0.3, -0.25) is 14.3 Å². The van der Waals surface area contributed by atoms with E-state index in [-0.39, 0.29) is 24.5 Å². The average molecular weight is 370 g/mol. The summed E-state index contributed by atoms with van der Waals surface area (Å²) in [6.07, 6.45) is 2.30. The summed E-state index contributed by atoms with van der Waals surface area (Å²) in [7, 11) is 0. The molecule has 1 aromatic carbocycles. The molecule has 0 saturated heterocycles. The second-order valence-corrected chi connectivity index (χ2v) is 7.57. The first kappa shape index (κ1) is 20.9. The third-order valence-electron chi connectivity index (χ3n) is 4.47. The Kier molecular flexibility index (Phi) is 7.77. The highest BCUT2D eigenvalue weighted by molar-refractivity contribution is 5.97. The molecule has 0 fully saturated rings. The molecule has 5 heteroatoms. The molecule has 5 nitrogen and oxygen atoms in total. The number of nitrogens with one attached hydrogen (secondary N) is 1. The summed E-state index contributed by atoms with van der Waals surface area (Å²) in [6, 6.07) is 9.79. The number of aromatic nitrogens is 2. The number of hydrogen-bond donors (Lipinski definition) is 1. The van der Waals surface area contributed by atoms with Crippen molar-refractivity contribution in [1.29, 1.82) is 0 Å². The lowest BCUT2D eigenvalue weighted by Crippen LogP contribution is -2.25. The maximum Gasteiger partial charge on any atom is 0.220 e. The second kappa shape index (κ2) is 10.0. The van der Waals surface area contributed by atoms with Gasteiger partial charge in [-0.05, 0) is 44.2 Å². The number of carbonyl (C=O) groups is 2. The Labute approximate surface area is 162 Å². The average Bonchev–Trinajstić information content (AvgIpc) is 2.94. The number of benzene rings is 1. The van der Waals surface area contributed by atoms with E-state index in [1.54, 1.807) is 0 Å². The fourth-order valence-corrected chi connectivity index (χ4v) is 3.12. The van der Waals surface area contributed by atoms with Crippen molar-refractivity contribution in [1.82, 2.24) is 15.1 Å². The molecule has 146 valence electrons. The highest BCUT2D eigenvalue weighted by Crippen LogP contribution is 2.12. The van der Waals surface area contributed by atoms with Crippen molar-refractivity contribution in [2.24, 2.45) is 5.92 Å². The van der Waals surface area contributed by atoms with Crippen molar-refractivity contribution in [3.05, 3.63) is 52.8 Å². The van der Waals surface area contributed by atoms with Crippen molar-refractivity contribution in [2.45, 2.75) is 59.9 Å². The number of nitrogens with zero attached hydrogens (tertiary/aromatic N) is 2. The van der Waals surface area contributed by atoms with Gasteiger partial charge in [-0.2, -0.15) is 5.10 Å². The van der Waals surface area contributed by atoms with Crippen LogP contribution in [0.2, 0.25) is 0 Å². The Morgan fingerprint density at radius 3 is 2.41 bits per heavy atom. The minimum atomic E-state index is -0.0758. The minimum Gasteiger partial charge on any atom is -0.356 e. The first-order valence-electron chi connectivity index (χ1n) is 9.75. The van der Waals surface area contributed by atoms with Crippen molar-refractivity contribution in [3.63, 3.8) is 0 Å². The van der Waals surface area contributed by atoms with Gasteiger partial charge in [-0.1, -0.05) is 38.1 Å². The number of amides is 1. The number of hydrogen-bond acceptors (Lipinski definition) is 3. The monoisotopic (exact) mass is 369 g/mol. The van der Waals surface area contributed by atoms with Crippen LogP contribution in [-0.2, 0) is 17.8 Å². The molecular weight excluding hydrogens is 338 g/mol. The van der Waals surface area contributed by atoms with E-state index in [0.29, 0.717) is 18.0 Å². The Morgan fingerprint density at radius 2 is 1.81 bits per heavy atom. The SMILES string of the molecule is Cc1cc(C)n(CCCNC(=O)CCC(=O)c2ccc(CC(C)C)cc2)n1. The van der Waals surface area contributed by atoms with Crippen molar-refractivity contribution in [2.75, 3.05) is 6.54 Å². The largest absolute Gasteiger partial charge is 0.356 e. The van der Waals surface area contributed by atoms with E-state index in [1.165, 1.54) is 5.56 Å². The van der Waals surface area contributed by atoms with Crippen LogP contribution in [0.3, 0.4) is 0 Å². The molecule has 0 unspecified atom stereocenters. The van der Waals surface area contributed by atoms with E-state index < -0.39 is 0 Å². The maximum atomic E-state index is 12.2. The van der Waals surface area contributed by atoms with Crippen LogP contribution in [0.1, 0.15) is 60.4 Å². The maximum absolute atomic E-state index is 12.2. The summed E-state index contributed by atoms with van der Waals surface area (Å²) in [6.45, 7) is 9.72. The molecule has 1 N–H and O–H groups in total. The standard InChI is InChI=1S/C22H31N3O2/c1-16(2)14-19-6-8-20(9-7-19)21(26)10-11-22(27)23-12-5-13-25-18(4)15-17(3)24-25/h6-9,15-16H,5,10-14H2,1-4H3,(H,23,27). The van der Waals surface area contributed by atoms with E-state index in [1.807, 2.05) is 48.9 Å². The van der Waals surface area contributed by atoms with E-state index in [2.05, 4.69) is 24.3 Å². The lowest BCUT2D eigenvalue weighted by Gasteiger charge is -2.07. The summed E-state index contributed by atoms with van der Waals surface area (Å²) in [4.78, 5) is 24.2. The highest BCUT2D eigenvalue weighted by atomic mass is 16.2. The van der Waals surface area contributed by atoms with Crippen molar-refractivity contribution in [3.8, 4) is 0 Å². The Bertz CT molecular complexity index is 760. The quantitative estimate of drug-likeness (QED) is 0.511. The molecule has 0 saturated carbocycles. The lowest BCUT2D eigenvalue weighted by atomic mass is 9.99. The minimum absolute atomic E-state index is 0.0175. The van der Waals surface area contributed by atoms with Gasteiger partial charge in [0, 0.05) is 37.2 Å². The van der Waals surface area contributed by atoms with Crippen LogP contribution in [0.5, 0.6) is 0 Å². The van der Waals surface area contributed by atoms with Crippen molar-refractivity contribution < 1.29 is 9.59 Å². The molecule has 27 heavy (non-hydrogen) atoms. The molecule has 1 aromatic heterocycles. The molecule has 0 spiro atoms. The van der Waals surface area contributed by atoms with Gasteiger partial charge in [0.1, 0.15) is 0 Å². The van der Waals surface area contributed by atoms with E-state index in [9.17, 15) is 9.59 Å². The zero-order chi connectivity index (χ0) is 19.8. The van der Waals surface area contributed by atoms with Crippen LogP contribution in [0.15, 0.2) is 30.3 Å². The van der Waals surface area contributed by atoms with Crippen molar-refractivity contribution >= 4 is 11.7 Å². The molecule has 0 aliphatic carbocycles. The van der Waals surface area contributed by atoms with Gasteiger partial charge >= 0.3 is 0 Å². The Hall–Kier alpha value is -2.43. The van der Waals surface area contributed by atoms with Crippen LogP contribution in [0.4, 0.5) is 0 Å². The first-order valence-corrected chi connectivity index (χ1v) is 9.75. The summed E-state index contributed by atoms with van der Waals surface area (Å²) in [5, 5.41) is 7.29. The van der Waals surface area contributed by atoms with Crippen LogP contribution >= 0.6 is 0 Å². The molecule has 0 aliphatic heterocycles. The molecule has 0 bridgehead atoms. The normalized spacial score (nSPS) is 11.0. The van der Waals surface area contributed by atoms with E-state index in [4.69, 9.17) is 0 Å². The Morgan fingerprint density at radius 1 is 1.11 bits per heavy atom. The zero-order valence-electron chi connectivity index (χ0n) is 16.9. The third-order valence-corrected chi connectivity index (χ3v) is 4.47. The summed E-state index contributed by atoms with van der Waals surface area (Å²) >= 11 is 0. The van der Waals surface area contributed by atoms with Gasteiger partial charge in [0.25, 0.3) is 0 Å². The Balaban J connectivity index is 1.67.